The highest BCUT2D eigenvalue weighted by Crippen LogP contribution is 2.20. The van der Waals surface area contributed by atoms with Gasteiger partial charge < -0.3 is 9.88 Å². The summed E-state index contributed by atoms with van der Waals surface area (Å²) in [4.78, 5) is 12.2. The molecule has 1 heterocycles. The number of hydrogen-bond donors (Lipinski definition) is 1. The van der Waals surface area contributed by atoms with E-state index in [4.69, 9.17) is 0 Å². The summed E-state index contributed by atoms with van der Waals surface area (Å²) in [6.45, 7) is 4.58. The fraction of sp³-hybridized carbons (Fsp3) is 0.250. The Morgan fingerprint density at radius 2 is 1.96 bits per heavy atom. The lowest BCUT2D eigenvalue weighted by Gasteiger charge is -2.09. The van der Waals surface area contributed by atoms with E-state index in [9.17, 15) is 9.18 Å². The summed E-state index contributed by atoms with van der Waals surface area (Å²) in [5.41, 5.74) is 2.47. The maximum absolute atomic E-state index is 13.4. The van der Waals surface area contributed by atoms with Crippen LogP contribution in [0.4, 0.5) is 10.1 Å². The topological polar surface area (TPSA) is 59.8 Å². The Morgan fingerprint density at radius 3 is 2.70 bits per heavy atom. The van der Waals surface area contributed by atoms with E-state index in [2.05, 4.69) is 27.6 Å². The molecule has 0 saturated heterocycles. The molecular weight excluding hydrogens is 363 g/mol. The Morgan fingerprint density at radius 1 is 1.19 bits per heavy atom. The van der Waals surface area contributed by atoms with Gasteiger partial charge in [-0.1, -0.05) is 48.2 Å². The molecule has 0 bridgehead atoms. The number of amides is 1. The lowest BCUT2D eigenvalue weighted by molar-refractivity contribution is -0.113. The summed E-state index contributed by atoms with van der Waals surface area (Å²) < 4.78 is 15.4. The van der Waals surface area contributed by atoms with E-state index in [1.165, 1.54) is 23.9 Å². The number of nitrogens with zero attached hydrogens (tertiary/aromatic N) is 3. The highest BCUT2D eigenvalue weighted by atomic mass is 32.2. The predicted octanol–water partition coefficient (Wildman–Crippen LogP) is 4.07. The zero-order valence-electron chi connectivity index (χ0n) is 15.3. The van der Waals surface area contributed by atoms with Crippen LogP contribution >= 0.6 is 11.8 Å². The highest BCUT2D eigenvalue weighted by Gasteiger charge is 2.14. The molecule has 5 nitrogen and oxygen atoms in total. The molecule has 27 heavy (non-hydrogen) atoms. The number of rotatable bonds is 7. The third-order valence-electron chi connectivity index (χ3n) is 4.12. The van der Waals surface area contributed by atoms with Crippen molar-refractivity contribution >= 4 is 23.4 Å². The van der Waals surface area contributed by atoms with Gasteiger partial charge in [0.25, 0.3) is 0 Å². The number of benzene rings is 2. The third-order valence-corrected chi connectivity index (χ3v) is 5.09. The quantitative estimate of drug-likeness (QED) is 0.624. The first-order valence-electron chi connectivity index (χ1n) is 8.71. The van der Waals surface area contributed by atoms with E-state index in [1.807, 2.05) is 36.6 Å². The van der Waals surface area contributed by atoms with Gasteiger partial charge in [-0.05, 0) is 37.1 Å². The maximum atomic E-state index is 13.4. The molecule has 1 amide bonds. The summed E-state index contributed by atoms with van der Waals surface area (Å²) in [5.74, 6) is 0.468. The number of thioether (sulfide) groups is 1. The molecule has 0 radical (unpaired) electrons. The van der Waals surface area contributed by atoms with Crippen molar-refractivity contribution in [2.45, 2.75) is 32.0 Å². The molecule has 0 aliphatic rings. The van der Waals surface area contributed by atoms with Gasteiger partial charge in [0.05, 0.1) is 5.75 Å². The Balaban J connectivity index is 1.64. The fourth-order valence-electron chi connectivity index (χ4n) is 2.70. The van der Waals surface area contributed by atoms with Crippen molar-refractivity contribution in [2.24, 2.45) is 0 Å². The van der Waals surface area contributed by atoms with E-state index in [0.717, 1.165) is 23.5 Å². The Bertz CT molecular complexity index is 927. The number of aromatic nitrogens is 3. The number of hydrogen-bond acceptors (Lipinski definition) is 4. The monoisotopic (exact) mass is 384 g/mol. The summed E-state index contributed by atoms with van der Waals surface area (Å²) in [6, 6.07) is 14.4. The van der Waals surface area contributed by atoms with Gasteiger partial charge in [-0.25, -0.2) is 4.39 Å². The van der Waals surface area contributed by atoms with E-state index >= 15 is 0 Å². The minimum atomic E-state index is -0.375. The van der Waals surface area contributed by atoms with Gasteiger partial charge in [-0.15, -0.1) is 10.2 Å². The lowest BCUT2D eigenvalue weighted by Crippen LogP contribution is -2.15. The molecule has 3 aromatic rings. The number of aryl methyl sites for hydroxylation is 1. The molecule has 0 aliphatic heterocycles. The zero-order chi connectivity index (χ0) is 19.2. The fourth-order valence-corrected chi connectivity index (χ4v) is 3.52. The second kappa shape index (κ2) is 8.81. The highest BCUT2D eigenvalue weighted by molar-refractivity contribution is 7.99. The Labute approximate surface area is 162 Å². The van der Waals surface area contributed by atoms with E-state index in [-0.39, 0.29) is 17.5 Å². The molecule has 3 rings (SSSR count). The van der Waals surface area contributed by atoms with Crippen molar-refractivity contribution in [3.05, 3.63) is 71.3 Å². The molecule has 0 saturated carbocycles. The van der Waals surface area contributed by atoms with Crippen molar-refractivity contribution in [2.75, 3.05) is 11.1 Å². The van der Waals surface area contributed by atoms with Crippen LogP contribution in [0.1, 0.15) is 23.9 Å². The third kappa shape index (κ3) is 4.95. The summed E-state index contributed by atoms with van der Waals surface area (Å²) in [5, 5.41) is 12.0. The number of anilines is 1. The van der Waals surface area contributed by atoms with Crippen LogP contribution in [-0.4, -0.2) is 26.4 Å². The van der Waals surface area contributed by atoms with E-state index in [1.54, 1.807) is 6.07 Å². The lowest BCUT2D eigenvalue weighted by atomic mass is 10.1. The number of nitrogens with one attached hydrogen (secondary N) is 1. The van der Waals surface area contributed by atoms with Crippen molar-refractivity contribution in [1.29, 1.82) is 0 Å². The molecule has 140 valence electrons. The molecular formula is C20H21FN4OS. The van der Waals surface area contributed by atoms with Crippen molar-refractivity contribution < 1.29 is 9.18 Å². The minimum absolute atomic E-state index is 0.180. The molecule has 7 heteroatoms. The molecule has 0 unspecified atom stereocenters. The normalized spacial score (nSPS) is 10.8. The smallest absolute Gasteiger partial charge is 0.234 e. The standard InChI is InChI=1S/C20H21FN4OS/c1-3-25-18(11-15-7-5-4-6-8-15)23-24-20(25)27-13-19(26)22-17-12-16(21)10-9-14(17)2/h4-10,12H,3,11,13H2,1-2H3,(H,22,26). The number of carbonyl (C=O) groups excluding carboxylic acids is 1. The molecule has 0 spiro atoms. The molecule has 0 aliphatic carbocycles. The average molecular weight is 384 g/mol. The van der Waals surface area contributed by atoms with Crippen LogP contribution in [0.2, 0.25) is 0 Å². The van der Waals surface area contributed by atoms with Crippen molar-refractivity contribution in [1.82, 2.24) is 14.8 Å². The Kier molecular flexibility index (Phi) is 6.24. The van der Waals surface area contributed by atoms with Crippen LogP contribution < -0.4 is 5.32 Å². The molecule has 1 N–H and O–H groups in total. The summed E-state index contributed by atoms with van der Waals surface area (Å²) in [6.07, 6.45) is 0.691. The van der Waals surface area contributed by atoms with Crippen molar-refractivity contribution in [3.63, 3.8) is 0 Å². The second-order valence-electron chi connectivity index (χ2n) is 6.10. The van der Waals surface area contributed by atoms with Gasteiger partial charge in [-0.2, -0.15) is 0 Å². The maximum Gasteiger partial charge on any atom is 0.234 e. The number of halogens is 1. The van der Waals surface area contributed by atoms with Gasteiger partial charge in [-0.3, -0.25) is 4.79 Å². The first kappa shape index (κ1) is 19.1. The molecule has 0 fully saturated rings. The van der Waals surface area contributed by atoms with Gasteiger partial charge in [0.1, 0.15) is 11.6 Å². The molecule has 2 aromatic carbocycles. The number of carbonyl (C=O) groups is 1. The largest absolute Gasteiger partial charge is 0.325 e. The molecule has 1 aromatic heterocycles. The summed E-state index contributed by atoms with van der Waals surface area (Å²) in [7, 11) is 0. The van der Waals surface area contributed by atoms with Gasteiger partial charge >= 0.3 is 0 Å². The minimum Gasteiger partial charge on any atom is -0.325 e. The average Bonchev–Trinajstić information content (AvgIpc) is 3.05. The predicted molar refractivity (Wildman–Crippen MR) is 105 cm³/mol. The Hall–Kier alpha value is -2.67. The van der Waals surface area contributed by atoms with E-state index < -0.39 is 0 Å². The van der Waals surface area contributed by atoms with Gasteiger partial charge in [0, 0.05) is 18.7 Å². The second-order valence-corrected chi connectivity index (χ2v) is 7.04. The van der Waals surface area contributed by atoms with Crippen molar-refractivity contribution in [3.8, 4) is 0 Å². The van der Waals surface area contributed by atoms with Crippen LogP contribution in [0.5, 0.6) is 0 Å². The zero-order valence-corrected chi connectivity index (χ0v) is 16.1. The van der Waals surface area contributed by atoms with Crippen LogP contribution in [0.3, 0.4) is 0 Å². The SMILES string of the molecule is CCn1c(Cc2ccccc2)nnc1SCC(=O)Nc1cc(F)ccc1C. The summed E-state index contributed by atoms with van der Waals surface area (Å²) >= 11 is 1.32. The van der Waals surface area contributed by atoms with Gasteiger partial charge in [0.2, 0.25) is 5.91 Å². The molecule has 0 atom stereocenters. The van der Waals surface area contributed by atoms with Gasteiger partial charge in [0.15, 0.2) is 5.16 Å². The first-order chi connectivity index (χ1) is 13.1. The van der Waals surface area contributed by atoms with E-state index in [0.29, 0.717) is 17.3 Å². The first-order valence-corrected chi connectivity index (χ1v) is 9.70. The van der Waals surface area contributed by atoms with Crippen LogP contribution in [-0.2, 0) is 17.8 Å². The van der Waals surface area contributed by atoms with Crippen LogP contribution in [0.15, 0.2) is 53.7 Å². The van der Waals surface area contributed by atoms with Crippen LogP contribution in [0.25, 0.3) is 0 Å². The van der Waals surface area contributed by atoms with Crippen LogP contribution in [0, 0.1) is 12.7 Å².